The summed E-state index contributed by atoms with van der Waals surface area (Å²) in [5, 5.41) is 0. The second kappa shape index (κ2) is 8.02. The molecule has 2 N–H and O–H groups in total. The van der Waals surface area contributed by atoms with Gasteiger partial charge in [-0.1, -0.05) is 19.1 Å². The van der Waals surface area contributed by atoms with Gasteiger partial charge in [-0.25, -0.2) is 0 Å². The van der Waals surface area contributed by atoms with E-state index in [1.165, 1.54) is 0 Å². The van der Waals surface area contributed by atoms with E-state index in [4.69, 9.17) is 5.73 Å². The van der Waals surface area contributed by atoms with Gasteiger partial charge >= 0.3 is 0 Å². The van der Waals surface area contributed by atoms with Gasteiger partial charge in [-0.2, -0.15) is 0 Å². The lowest BCUT2D eigenvalue weighted by molar-refractivity contribution is -0.141. The van der Waals surface area contributed by atoms with Crippen LogP contribution in [0.25, 0.3) is 0 Å². The number of benzene rings is 1. The maximum atomic E-state index is 12.4. The molecule has 4 nitrogen and oxygen atoms in total. The summed E-state index contributed by atoms with van der Waals surface area (Å²) in [7, 11) is 0. The largest absolute Gasteiger partial charge is 0.368 e. The fourth-order valence-electron chi connectivity index (χ4n) is 2.66. The van der Waals surface area contributed by atoms with Crippen LogP contribution in [-0.2, 0) is 9.59 Å². The maximum absolute atomic E-state index is 12.4. The standard InChI is InChI=1S/C16H21BrN2O2S/c1-11-6-8-19(13(10-11)16(18)21)15(20)7-9-22-14-5-3-2-4-12(14)17/h2-5,11,13H,6-10H2,1H3,(H2,18,21)/t11-,13-/m1/s1. The van der Waals surface area contributed by atoms with Gasteiger partial charge in [0.15, 0.2) is 0 Å². The monoisotopic (exact) mass is 384 g/mol. The minimum Gasteiger partial charge on any atom is -0.368 e. The zero-order chi connectivity index (χ0) is 16.1. The highest BCUT2D eigenvalue weighted by atomic mass is 79.9. The number of amides is 2. The van der Waals surface area contributed by atoms with Crippen LogP contribution in [0, 0.1) is 5.92 Å². The van der Waals surface area contributed by atoms with Crippen LogP contribution in [0.5, 0.6) is 0 Å². The first-order valence-electron chi connectivity index (χ1n) is 7.45. The van der Waals surface area contributed by atoms with Crippen LogP contribution < -0.4 is 5.73 Å². The minimum atomic E-state index is -0.440. The maximum Gasteiger partial charge on any atom is 0.240 e. The Bertz CT molecular complexity index is 553. The fourth-order valence-corrected chi connectivity index (χ4v) is 4.17. The summed E-state index contributed by atoms with van der Waals surface area (Å²) < 4.78 is 1.04. The summed E-state index contributed by atoms with van der Waals surface area (Å²) >= 11 is 5.14. The third kappa shape index (κ3) is 4.49. The van der Waals surface area contributed by atoms with Gasteiger partial charge in [0, 0.05) is 28.1 Å². The molecule has 0 radical (unpaired) electrons. The highest BCUT2D eigenvalue weighted by Crippen LogP contribution is 2.28. The Balaban J connectivity index is 1.88. The van der Waals surface area contributed by atoms with Crippen LogP contribution in [0.1, 0.15) is 26.2 Å². The summed E-state index contributed by atoms with van der Waals surface area (Å²) in [6.45, 7) is 2.73. The van der Waals surface area contributed by atoms with Gasteiger partial charge in [-0.15, -0.1) is 11.8 Å². The quantitative estimate of drug-likeness (QED) is 0.793. The predicted octanol–water partition coefficient (Wildman–Crippen LogP) is 3.04. The Hall–Kier alpha value is -1.01. The summed E-state index contributed by atoms with van der Waals surface area (Å²) in [6, 6.07) is 7.51. The van der Waals surface area contributed by atoms with E-state index in [0.29, 0.717) is 31.1 Å². The van der Waals surface area contributed by atoms with E-state index in [1.807, 2.05) is 24.3 Å². The normalized spacial score (nSPS) is 21.6. The van der Waals surface area contributed by atoms with Gasteiger partial charge in [0.25, 0.3) is 0 Å². The van der Waals surface area contributed by atoms with Crippen molar-refractivity contribution in [3.05, 3.63) is 28.7 Å². The molecule has 1 aliphatic heterocycles. The van der Waals surface area contributed by atoms with Gasteiger partial charge in [0.05, 0.1) is 0 Å². The predicted molar refractivity (Wildman–Crippen MR) is 92.6 cm³/mol. The molecule has 22 heavy (non-hydrogen) atoms. The van der Waals surface area contributed by atoms with E-state index in [-0.39, 0.29) is 5.91 Å². The molecule has 0 spiro atoms. The fraction of sp³-hybridized carbons (Fsp3) is 0.500. The van der Waals surface area contributed by atoms with Crippen molar-refractivity contribution in [1.82, 2.24) is 4.90 Å². The van der Waals surface area contributed by atoms with Crippen molar-refractivity contribution in [2.24, 2.45) is 11.7 Å². The Morgan fingerprint density at radius 3 is 2.82 bits per heavy atom. The van der Waals surface area contributed by atoms with Crippen molar-refractivity contribution in [2.75, 3.05) is 12.3 Å². The molecular formula is C16H21BrN2O2S. The average molecular weight is 385 g/mol. The molecule has 0 aliphatic carbocycles. The first-order chi connectivity index (χ1) is 10.5. The number of likely N-dealkylation sites (tertiary alicyclic amines) is 1. The van der Waals surface area contributed by atoms with E-state index < -0.39 is 11.9 Å². The highest BCUT2D eigenvalue weighted by molar-refractivity contribution is 9.10. The highest BCUT2D eigenvalue weighted by Gasteiger charge is 2.33. The number of nitrogens with two attached hydrogens (primary N) is 1. The number of halogens is 1. The van der Waals surface area contributed by atoms with Crippen LogP contribution in [0.2, 0.25) is 0 Å². The average Bonchev–Trinajstić information content (AvgIpc) is 2.49. The Morgan fingerprint density at radius 1 is 1.41 bits per heavy atom. The SMILES string of the molecule is C[C@@H]1CCN(C(=O)CCSc2ccccc2Br)[C@@H](C(N)=O)C1. The number of carbonyl (C=O) groups excluding carboxylic acids is 2. The number of thioether (sulfide) groups is 1. The number of rotatable bonds is 5. The molecule has 0 bridgehead atoms. The first kappa shape index (κ1) is 17.3. The van der Waals surface area contributed by atoms with Crippen LogP contribution in [-0.4, -0.2) is 35.1 Å². The van der Waals surface area contributed by atoms with E-state index in [1.54, 1.807) is 16.7 Å². The molecule has 1 aromatic carbocycles. The Morgan fingerprint density at radius 2 is 2.14 bits per heavy atom. The van der Waals surface area contributed by atoms with Gasteiger partial charge in [-0.05, 0) is 46.8 Å². The van der Waals surface area contributed by atoms with E-state index >= 15 is 0 Å². The number of hydrogen-bond acceptors (Lipinski definition) is 3. The molecule has 0 aromatic heterocycles. The lowest BCUT2D eigenvalue weighted by Gasteiger charge is -2.36. The summed E-state index contributed by atoms with van der Waals surface area (Å²) in [4.78, 5) is 26.7. The summed E-state index contributed by atoms with van der Waals surface area (Å²) in [5.41, 5.74) is 5.45. The molecular weight excluding hydrogens is 364 g/mol. The molecule has 1 aliphatic rings. The minimum absolute atomic E-state index is 0.0234. The van der Waals surface area contributed by atoms with Gasteiger partial charge in [-0.3, -0.25) is 9.59 Å². The summed E-state index contributed by atoms with van der Waals surface area (Å²) in [5.74, 6) is 0.767. The molecule has 1 fully saturated rings. The van der Waals surface area contributed by atoms with Crippen LogP contribution in [0.3, 0.4) is 0 Å². The van der Waals surface area contributed by atoms with Gasteiger partial charge in [0.2, 0.25) is 11.8 Å². The topological polar surface area (TPSA) is 63.4 Å². The van der Waals surface area contributed by atoms with Crippen molar-refractivity contribution in [3.63, 3.8) is 0 Å². The second-order valence-corrected chi connectivity index (χ2v) is 7.65. The van der Waals surface area contributed by atoms with Crippen LogP contribution >= 0.6 is 27.7 Å². The third-order valence-electron chi connectivity index (χ3n) is 3.92. The molecule has 120 valence electrons. The van der Waals surface area contributed by atoms with Crippen LogP contribution in [0.4, 0.5) is 0 Å². The molecule has 6 heteroatoms. The van der Waals surface area contributed by atoms with E-state index in [9.17, 15) is 9.59 Å². The van der Waals surface area contributed by atoms with E-state index in [0.717, 1.165) is 15.8 Å². The van der Waals surface area contributed by atoms with Crippen molar-refractivity contribution in [1.29, 1.82) is 0 Å². The number of piperidine rings is 1. The Kier molecular flexibility index (Phi) is 6.32. The summed E-state index contributed by atoms with van der Waals surface area (Å²) in [6.07, 6.45) is 2.04. The number of primary amides is 1. The molecule has 0 saturated carbocycles. The van der Waals surface area contributed by atoms with Crippen molar-refractivity contribution in [3.8, 4) is 0 Å². The van der Waals surface area contributed by atoms with Crippen molar-refractivity contribution < 1.29 is 9.59 Å². The Labute approximate surface area is 143 Å². The number of hydrogen-bond donors (Lipinski definition) is 1. The first-order valence-corrected chi connectivity index (χ1v) is 9.23. The zero-order valence-electron chi connectivity index (χ0n) is 12.6. The van der Waals surface area contributed by atoms with Gasteiger partial charge < -0.3 is 10.6 Å². The van der Waals surface area contributed by atoms with Crippen LogP contribution in [0.15, 0.2) is 33.6 Å². The lowest BCUT2D eigenvalue weighted by Crippen LogP contribution is -2.52. The molecule has 2 amide bonds. The molecule has 1 saturated heterocycles. The molecule has 0 unspecified atom stereocenters. The molecule has 1 aromatic rings. The molecule has 1 heterocycles. The number of carbonyl (C=O) groups is 2. The lowest BCUT2D eigenvalue weighted by atomic mass is 9.92. The molecule has 2 atom stereocenters. The third-order valence-corrected chi connectivity index (χ3v) is 5.95. The van der Waals surface area contributed by atoms with Crippen molar-refractivity contribution in [2.45, 2.75) is 37.1 Å². The number of nitrogens with zero attached hydrogens (tertiary/aromatic N) is 1. The van der Waals surface area contributed by atoms with E-state index in [2.05, 4.69) is 22.9 Å². The second-order valence-electron chi connectivity index (χ2n) is 5.66. The van der Waals surface area contributed by atoms with Gasteiger partial charge in [0.1, 0.15) is 6.04 Å². The molecule has 2 rings (SSSR count). The van der Waals surface area contributed by atoms with Crippen molar-refractivity contribution >= 4 is 39.5 Å². The zero-order valence-corrected chi connectivity index (χ0v) is 15.0. The smallest absolute Gasteiger partial charge is 0.240 e.